The lowest BCUT2D eigenvalue weighted by Crippen LogP contribution is -2.45. The lowest BCUT2D eigenvalue weighted by molar-refractivity contribution is -0.115. The molecule has 1 N–H and O–H groups in total. The Morgan fingerprint density at radius 2 is 1.75 bits per heavy atom. The van der Waals surface area contributed by atoms with Crippen LogP contribution in [0.3, 0.4) is 0 Å². The molecule has 0 unspecified atom stereocenters. The van der Waals surface area contributed by atoms with Gasteiger partial charge in [0.1, 0.15) is 5.76 Å². The van der Waals surface area contributed by atoms with Crippen LogP contribution in [0.5, 0.6) is 5.88 Å². The molecule has 3 aliphatic rings. The molecule has 0 saturated heterocycles. The van der Waals surface area contributed by atoms with Crippen molar-refractivity contribution in [1.29, 1.82) is 0 Å². The van der Waals surface area contributed by atoms with Crippen LogP contribution in [0.4, 0.5) is 0 Å². The molecule has 0 radical (unpaired) electrons. The van der Waals surface area contributed by atoms with E-state index in [4.69, 9.17) is 4.74 Å². The monoisotopic (exact) mass is 320 g/mol. The number of H-pyrrole nitrogens is 1. The Morgan fingerprint density at radius 1 is 1.08 bits per heavy atom. The number of nitrogens with one attached hydrogen (secondary N) is 1. The van der Waals surface area contributed by atoms with Crippen molar-refractivity contribution in [1.82, 2.24) is 10.2 Å². The SMILES string of the molecule is Cc1[nH]nc2c1C1(C(=O)c3ccccc3C1=O)C1=C(CCC1=O)O2. The summed E-state index contributed by atoms with van der Waals surface area (Å²) in [6.07, 6.45) is 0.633. The number of nitrogens with zero attached hydrogens (tertiary/aromatic N) is 1. The van der Waals surface area contributed by atoms with Gasteiger partial charge in [0.15, 0.2) is 22.8 Å². The van der Waals surface area contributed by atoms with Crippen LogP contribution in [0.15, 0.2) is 35.6 Å². The van der Waals surface area contributed by atoms with E-state index in [1.807, 2.05) is 0 Å². The van der Waals surface area contributed by atoms with Crippen LogP contribution in [0, 0.1) is 6.92 Å². The Bertz CT molecular complexity index is 977. The highest BCUT2D eigenvalue weighted by molar-refractivity contribution is 6.38. The van der Waals surface area contributed by atoms with Gasteiger partial charge in [-0.15, -0.1) is 5.10 Å². The average molecular weight is 320 g/mol. The first-order valence-corrected chi connectivity index (χ1v) is 7.75. The molecule has 2 aliphatic carbocycles. The summed E-state index contributed by atoms with van der Waals surface area (Å²) in [5, 5.41) is 6.88. The van der Waals surface area contributed by atoms with Crippen molar-refractivity contribution in [2.45, 2.75) is 25.2 Å². The number of fused-ring (bicyclic) bond motifs is 4. The first-order valence-electron chi connectivity index (χ1n) is 7.75. The van der Waals surface area contributed by atoms with E-state index in [-0.39, 0.29) is 35.2 Å². The number of carbonyl (C=O) groups excluding carboxylic acids is 3. The molecule has 1 aromatic heterocycles. The third-order valence-corrected chi connectivity index (χ3v) is 5.12. The second kappa shape index (κ2) is 4.08. The molecule has 2 aromatic rings. The molecule has 0 amide bonds. The summed E-state index contributed by atoms with van der Waals surface area (Å²) in [7, 11) is 0. The second-order valence-corrected chi connectivity index (χ2v) is 6.31. The van der Waals surface area contributed by atoms with Gasteiger partial charge in [-0.2, -0.15) is 0 Å². The van der Waals surface area contributed by atoms with Crippen LogP contribution < -0.4 is 4.74 Å². The summed E-state index contributed by atoms with van der Waals surface area (Å²) >= 11 is 0. The summed E-state index contributed by atoms with van der Waals surface area (Å²) in [6, 6.07) is 6.71. The van der Waals surface area contributed by atoms with Gasteiger partial charge in [-0.1, -0.05) is 24.3 Å². The largest absolute Gasteiger partial charge is 0.441 e. The summed E-state index contributed by atoms with van der Waals surface area (Å²) in [4.78, 5) is 39.3. The van der Waals surface area contributed by atoms with Gasteiger partial charge in [0, 0.05) is 29.7 Å². The smallest absolute Gasteiger partial charge is 0.243 e. The van der Waals surface area contributed by atoms with Crippen LogP contribution in [-0.2, 0) is 10.2 Å². The van der Waals surface area contributed by atoms with Crippen LogP contribution in [0.25, 0.3) is 0 Å². The summed E-state index contributed by atoms with van der Waals surface area (Å²) in [5.74, 6) is -0.311. The number of ketones is 3. The average Bonchev–Trinajstić information content (AvgIpc) is 3.21. The van der Waals surface area contributed by atoms with Crippen LogP contribution in [0.1, 0.15) is 44.8 Å². The molecule has 1 spiro atoms. The zero-order valence-electron chi connectivity index (χ0n) is 12.8. The number of ether oxygens (including phenoxy) is 1. The summed E-state index contributed by atoms with van der Waals surface area (Å²) in [6.45, 7) is 1.73. The molecule has 2 heterocycles. The number of hydrogen-bond acceptors (Lipinski definition) is 5. The normalized spacial score (nSPS) is 20.3. The van der Waals surface area contributed by atoms with Crippen molar-refractivity contribution in [3.05, 3.63) is 58.0 Å². The zero-order valence-corrected chi connectivity index (χ0v) is 12.8. The number of aryl methyl sites for hydroxylation is 1. The van der Waals surface area contributed by atoms with Crippen molar-refractivity contribution < 1.29 is 19.1 Å². The second-order valence-electron chi connectivity index (χ2n) is 6.31. The molecule has 118 valence electrons. The standard InChI is InChI=1S/C18H12N2O4/c1-8-13-17(20-19-8)24-12-7-6-11(21)14(12)18(13)15(22)9-4-2-3-5-10(9)16(18)23/h2-5H,6-7H2,1H3,(H,19,20). The van der Waals surface area contributed by atoms with E-state index in [1.54, 1.807) is 31.2 Å². The minimum atomic E-state index is -1.64. The number of hydrogen-bond donors (Lipinski definition) is 1. The Morgan fingerprint density at radius 3 is 2.42 bits per heavy atom. The molecule has 0 fully saturated rings. The maximum absolute atomic E-state index is 13.4. The third kappa shape index (κ3) is 1.25. The first kappa shape index (κ1) is 13.4. The van der Waals surface area contributed by atoms with Gasteiger partial charge in [0.25, 0.3) is 0 Å². The molecule has 5 rings (SSSR count). The van der Waals surface area contributed by atoms with E-state index in [0.717, 1.165) is 0 Å². The Hall–Kier alpha value is -3.02. The van der Waals surface area contributed by atoms with Crippen LogP contribution >= 0.6 is 0 Å². The van der Waals surface area contributed by atoms with E-state index < -0.39 is 5.41 Å². The molecule has 0 saturated carbocycles. The Labute approximate surface area is 136 Å². The Balaban J connectivity index is 1.93. The van der Waals surface area contributed by atoms with Gasteiger partial charge in [0.2, 0.25) is 5.88 Å². The Kier molecular flexibility index (Phi) is 2.28. The van der Waals surface area contributed by atoms with E-state index in [1.165, 1.54) is 0 Å². The minimum absolute atomic E-state index is 0.200. The fourth-order valence-electron chi connectivity index (χ4n) is 4.16. The van der Waals surface area contributed by atoms with E-state index in [0.29, 0.717) is 34.6 Å². The zero-order chi connectivity index (χ0) is 16.6. The maximum Gasteiger partial charge on any atom is 0.243 e. The highest BCUT2D eigenvalue weighted by Crippen LogP contribution is 2.54. The number of aromatic nitrogens is 2. The van der Waals surface area contributed by atoms with Crippen molar-refractivity contribution >= 4 is 17.3 Å². The topological polar surface area (TPSA) is 89.1 Å². The molecule has 6 heteroatoms. The summed E-state index contributed by atoms with van der Waals surface area (Å²) < 4.78 is 5.74. The van der Waals surface area contributed by atoms with Crippen LogP contribution in [-0.4, -0.2) is 27.5 Å². The molecule has 6 nitrogen and oxygen atoms in total. The van der Waals surface area contributed by atoms with Crippen molar-refractivity contribution in [2.75, 3.05) is 0 Å². The predicted molar refractivity (Wildman–Crippen MR) is 82.0 cm³/mol. The number of carbonyl (C=O) groups is 3. The van der Waals surface area contributed by atoms with Gasteiger partial charge in [-0.05, 0) is 6.92 Å². The summed E-state index contributed by atoms with van der Waals surface area (Å²) in [5.41, 5.74) is 0.196. The predicted octanol–water partition coefficient (Wildman–Crippen LogP) is 2.04. The van der Waals surface area contributed by atoms with Crippen molar-refractivity contribution in [3.8, 4) is 5.88 Å². The molecule has 1 aromatic carbocycles. The number of rotatable bonds is 0. The minimum Gasteiger partial charge on any atom is -0.441 e. The number of aromatic amines is 1. The number of benzene rings is 1. The highest BCUT2D eigenvalue weighted by atomic mass is 16.5. The molecule has 24 heavy (non-hydrogen) atoms. The van der Waals surface area contributed by atoms with Gasteiger partial charge in [-0.25, -0.2) is 0 Å². The first-order chi connectivity index (χ1) is 11.6. The van der Waals surface area contributed by atoms with Gasteiger partial charge < -0.3 is 4.74 Å². The molecule has 0 bridgehead atoms. The van der Waals surface area contributed by atoms with Crippen LogP contribution in [0.2, 0.25) is 0 Å². The molecule has 0 atom stereocenters. The molecular formula is C18H12N2O4. The van der Waals surface area contributed by atoms with E-state index >= 15 is 0 Å². The van der Waals surface area contributed by atoms with E-state index in [9.17, 15) is 14.4 Å². The fraction of sp³-hybridized carbons (Fsp3) is 0.222. The van der Waals surface area contributed by atoms with Gasteiger partial charge in [-0.3, -0.25) is 19.5 Å². The molecular weight excluding hydrogens is 308 g/mol. The number of allylic oxidation sites excluding steroid dienone is 2. The van der Waals surface area contributed by atoms with Crippen molar-refractivity contribution in [3.63, 3.8) is 0 Å². The fourth-order valence-corrected chi connectivity index (χ4v) is 4.16. The van der Waals surface area contributed by atoms with Gasteiger partial charge >= 0.3 is 0 Å². The highest BCUT2D eigenvalue weighted by Gasteiger charge is 2.64. The quantitative estimate of drug-likeness (QED) is 0.750. The third-order valence-electron chi connectivity index (χ3n) is 5.12. The lowest BCUT2D eigenvalue weighted by Gasteiger charge is -2.31. The lowest BCUT2D eigenvalue weighted by atomic mass is 9.68. The van der Waals surface area contributed by atoms with E-state index in [2.05, 4.69) is 10.2 Å². The molecule has 1 aliphatic heterocycles. The van der Waals surface area contributed by atoms with Crippen molar-refractivity contribution in [2.24, 2.45) is 0 Å². The maximum atomic E-state index is 13.4. The number of Topliss-reactive ketones (excluding diaryl/α,β-unsaturated/α-hetero) is 3. The van der Waals surface area contributed by atoms with Gasteiger partial charge in [0.05, 0.1) is 11.1 Å².